The first kappa shape index (κ1) is 12.3. The Morgan fingerprint density at radius 2 is 1.69 bits per heavy atom. The molecule has 0 bridgehead atoms. The number of sulfonamides is 1. The molecule has 5 heteroatoms. The van der Waals surface area contributed by atoms with Crippen molar-refractivity contribution < 1.29 is 8.42 Å². The number of nitrogens with zero attached hydrogens (tertiary/aromatic N) is 1. The fourth-order valence-electron chi connectivity index (χ4n) is 2.65. The molecule has 0 unspecified atom stereocenters. The fourth-order valence-corrected chi connectivity index (χ4v) is 4.73. The van der Waals surface area contributed by atoms with E-state index in [-0.39, 0.29) is 5.25 Å². The molecule has 0 radical (unpaired) electrons. The standard InChI is InChI=1S/C11H22N2O2S/c14-16(15,11-5-2-1-3-6-11)13-9-4-7-12-8-10-13/h11-12H,1-10H2. The monoisotopic (exact) mass is 246 g/mol. The smallest absolute Gasteiger partial charge is 0.217 e. The third-order valence-corrected chi connectivity index (χ3v) is 6.03. The van der Waals surface area contributed by atoms with Crippen LogP contribution in [0.15, 0.2) is 0 Å². The van der Waals surface area contributed by atoms with Crippen LogP contribution in [0.1, 0.15) is 38.5 Å². The van der Waals surface area contributed by atoms with Crippen molar-refractivity contribution in [3.05, 3.63) is 0 Å². The van der Waals surface area contributed by atoms with Gasteiger partial charge < -0.3 is 5.32 Å². The lowest BCUT2D eigenvalue weighted by molar-refractivity contribution is 0.401. The zero-order chi connectivity index (χ0) is 11.4. The molecule has 0 aromatic carbocycles. The first-order valence-electron chi connectivity index (χ1n) is 6.41. The summed E-state index contributed by atoms with van der Waals surface area (Å²) in [4.78, 5) is 0. The van der Waals surface area contributed by atoms with Crippen molar-refractivity contribution in [2.24, 2.45) is 0 Å². The van der Waals surface area contributed by atoms with E-state index in [4.69, 9.17) is 0 Å². The topological polar surface area (TPSA) is 49.4 Å². The Morgan fingerprint density at radius 3 is 2.44 bits per heavy atom. The highest BCUT2D eigenvalue weighted by atomic mass is 32.2. The lowest BCUT2D eigenvalue weighted by atomic mass is 10.0. The van der Waals surface area contributed by atoms with E-state index in [2.05, 4.69) is 5.32 Å². The quantitative estimate of drug-likeness (QED) is 0.789. The predicted molar refractivity (Wildman–Crippen MR) is 64.9 cm³/mol. The summed E-state index contributed by atoms with van der Waals surface area (Å²) in [5, 5.41) is 3.15. The summed E-state index contributed by atoms with van der Waals surface area (Å²) in [7, 11) is -3.02. The second kappa shape index (κ2) is 5.47. The van der Waals surface area contributed by atoms with Crippen molar-refractivity contribution >= 4 is 10.0 Å². The van der Waals surface area contributed by atoms with Gasteiger partial charge in [0.15, 0.2) is 0 Å². The molecule has 1 saturated carbocycles. The summed E-state index contributed by atoms with van der Waals surface area (Å²) in [6.45, 7) is 3.09. The maximum Gasteiger partial charge on any atom is 0.217 e. The maximum atomic E-state index is 12.4. The molecule has 1 heterocycles. The van der Waals surface area contributed by atoms with Crippen molar-refractivity contribution in [3.63, 3.8) is 0 Å². The molecule has 1 aliphatic carbocycles. The van der Waals surface area contributed by atoms with Crippen LogP contribution in [-0.4, -0.2) is 44.2 Å². The third kappa shape index (κ3) is 2.76. The molecular formula is C11H22N2O2S. The lowest BCUT2D eigenvalue weighted by Gasteiger charge is -2.28. The van der Waals surface area contributed by atoms with Crippen LogP contribution < -0.4 is 5.32 Å². The second-order valence-electron chi connectivity index (χ2n) is 4.81. The Balaban J connectivity index is 2.03. The van der Waals surface area contributed by atoms with E-state index in [9.17, 15) is 8.42 Å². The van der Waals surface area contributed by atoms with Crippen molar-refractivity contribution in [2.75, 3.05) is 26.2 Å². The summed E-state index contributed by atoms with van der Waals surface area (Å²) in [6.07, 6.45) is 6.03. The van der Waals surface area contributed by atoms with Gasteiger partial charge in [0, 0.05) is 19.6 Å². The van der Waals surface area contributed by atoms with Gasteiger partial charge in [-0.1, -0.05) is 19.3 Å². The molecule has 2 fully saturated rings. The molecule has 0 amide bonds. The van der Waals surface area contributed by atoms with Crippen molar-refractivity contribution in [3.8, 4) is 0 Å². The zero-order valence-corrected chi connectivity index (χ0v) is 10.6. The van der Waals surface area contributed by atoms with Crippen LogP contribution in [0.25, 0.3) is 0 Å². The first-order chi connectivity index (χ1) is 7.71. The van der Waals surface area contributed by atoms with Gasteiger partial charge in [-0.25, -0.2) is 12.7 Å². The summed E-state index contributed by atoms with van der Waals surface area (Å²) in [6, 6.07) is 0. The van der Waals surface area contributed by atoms with Gasteiger partial charge in [-0.05, 0) is 25.8 Å². The van der Waals surface area contributed by atoms with Crippen LogP contribution in [-0.2, 0) is 10.0 Å². The fraction of sp³-hybridized carbons (Fsp3) is 1.00. The molecular weight excluding hydrogens is 224 g/mol. The van der Waals surface area contributed by atoms with E-state index in [0.29, 0.717) is 13.1 Å². The molecule has 16 heavy (non-hydrogen) atoms. The van der Waals surface area contributed by atoms with E-state index in [1.807, 2.05) is 0 Å². The van der Waals surface area contributed by atoms with Gasteiger partial charge in [0.2, 0.25) is 10.0 Å². The summed E-state index contributed by atoms with van der Waals surface area (Å²) in [5.74, 6) is 0. The van der Waals surface area contributed by atoms with E-state index >= 15 is 0 Å². The van der Waals surface area contributed by atoms with Crippen molar-refractivity contribution in [1.29, 1.82) is 0 Å². The van der Waals surface area contributed by atoms with Gasteiger partial charge in [0.25, 0.3) is 0 Å². The van der Waals surface area contributed by atoms with Gasteiger partial charge in [0.05, 0.1) is 5.25 Å². The summed E-state index contributed by atoms with van der Waals surface area (Å²) < 4.78 is 26.5. The molecule has 4 nitrogen and oxygen atoms in total. The number of hydrogen-bond donors (Lipinski definition) is 1. The third-order valence-electron chi connectivity index (χ3n) is 3.63. The van der Waals surface area contributed by atoms with E-state index in [0.717, 1.165) is 45.2 Å². The Hall–Kier alpha value is -0.130. The number of rotatable bonds is 2. The lowest BCUT2D eigenvalue weighted by Crippen LogP contribution is -2.41. The minimum Gasteiger partial charge on any atom is -0.315 e. The van der Waals surface area contributed by atoms with Gasteiger partial charge in [-0.15, -0.1) is 0 Å². The highest BCUT2D eigenvalue weighted by molar-refractivity contribution is 7.89. The minimum atomic E-state index is -3.02. The molecule has 2 rings (SSSR count). The van der Waals surface area contributed by atoms with Gasteiger partial charge in [0.1, 0.15) is 0 Å². The van der Waals surface area contributed by atoms with Crippen LogP contribution >= 0.6 is 0 Å². The Morgan fingerprint density at radius 1 is 0.938 bits per heavy atom. The summed E-state index contributed by atoms with van der Waals surface area (Å²) in [5.41, 5.74) is 0. The molecule has 0 spiro atoms. The van der Waals surface area contributed by atoms with Crippen LogP contribution in [0.4, 0.5) is 0 Å². The van der Waals surface area contributed by atoms with Crippen LogP contribution in [0.2, 0.25) is 0 Å². The molecule has 1 N–H and O–H groups in total. The predicted octanol–water partition coefficient (Wildman–Crippen LogP) is 0.944. The van der Waals surface area contributed by atoms with Gasteiger partial charge >= 0.3 is 0 Å². The zero-order valence-electron chi connectivity index (χ0n) is 9.82. The first-order valence-corrected chi connectivity index (χ1v) is 7.91. The van der Waals surface area contributed by atoms with Crippen molar-refractivity contribution in [2.45, 2.75) is 43.8 Å². The molecule has 0 atom stereocenters. The van der Waals surface area contributed by atoms with E-state index in [1.165, 1.54) is 6.42 Å². The largest absolute Gasteiger partial charge is 0.315 e. The average Bonchev–Trinajstić information content (AvgIpc) is 2.59. The van der Waals surface area contributed by atoms with Crippen LogP contribution in [0.3, 0.4) is 0 Å². The normalized spacial score (nSPS) is 26.5. The Bertz CT molecular complexity index is 302. The highest BCUT2D eigenvalue weighted by Crippen LogP contribution is 2.26. The van der Waals surface area contributed by atoms with Crippen LogP contribution in [0.5, 0.6) is 0 Å². The highest BCUT2D eigenvalue weighted by Gasteiger charge is 2.32. The Labute approximate surface area is 98.4 Å². The van der Waals surface area contributed by atoms with Crippen LogP contribution in [0, 0.1) is 0 Å². The Kier molecular flexibility index (Phi) is 4.21. The number of hydrogen-bond acceptors (Lipinski definition) is 3. The SMILES string of the molecule is O=S(=O)(C1CCCCC1)N1CCCNCC1. The summed E-state index contributed by atoms with van der Waals surface area (Å²) >= 11 is 0. The average molecular weight is 246 g/mol. The van der Waals surface area contributed by atoms with E-state index in [1.54, 1.807) is 4.31 Å². The number of nitrogens with one attached hydrogen (secondary N) is 1. The van der Waals surface area contributed by atoms with Gasteiger partial charge in [-0.2, -0.15) is 0 Å². The minimum absolute atomic E-state index is 0.0978. The van der Waals surface area contributed by atoms with Gasteiger partial charge in [-0.3, -0.25) is 0 Å². The molecule has 2 aliphatic rings. The van der Waals surface area contributed by atoms with Crippen molar-refractivity contribution in [1.82, 2.24) is 9.62 Å². The molecule has 0 aromatic heterocycles. The maximum absolute atomic E-state index is 12.4. The molecule has 1 aliphatic heterocycles. The van der Waals surface area contributed by atoms with E-state index < -0.39 is 10.0 Å². The molecule has 0 aromatic rings. The molecule has 94 valence electrons. The second-order valence-corrected chi connectivity index (χ2v) is 7.02. The molecule has 1 saturated heterocycles.